The minimum absolute atomic E-state index is 0.0230. The number of esters is 1. The molecule has 7 heteroatoms. The van der Waals surface area contributed by atoms with Crippen LogP contribution in [0.25, 0.3) is 0 Å². The maximum atomic E-state index is 13.1. The summed E-state index contributed by atoms with van der Waals surface area (Å²) in [6.07, 6.45) is 1.35. The Morgan fingerprint density at radius 3 is 2.35 bits per heavy atom. The zero-order chi connectivity index (χ0) is 22.0. The number of hydrogen-bond acceptors (Lipinski definition) is 6. The van der Waals surface area contributed by atoms with Crippen LogP contribution in [0.1, 0.15) is 39.4 Å². The van der Waals surface area contributed by atoms with Crippen molar-refractivity contribution < 1.29 is 28.6 Å². The first-order valence-corrected chi connectivity index (χ1v) is 9.70. The van der Waals surface area contributed by atoms with Gasteiger partial charge >= 0.3 is 5.97 Å². The molecule has 0 radical (unpaired) electrons. The molecule has 0 saturated carbocycles. The van der Waals surface area contributed by atoms with Gasteiger partial charge in [-0.1, -0.05) is 30.3 Å². The number of carbonyl (C=O) groups excluding carboxylic acids is 3. The van der Waals surface area contributed by atoms with Crippen LogP contribution in [0.15, 0.2) is 88.7 Å². The van der Waals surface area contributed by atoms with Crippen LogP contribution in [0.2, 0.25) is 0 Å². The van der Waals surface area contributed by atoms with Crippen LogP contribution in [-0.4, -0.2) is 29.4 Å². The maximum Gasteiger partial charge on any atom is 0.338 e. The molecule has 3 aromatic rings. The number of furan rings is 1. The van der Waals surface area contributed by atoms with E-state index in [4.69, 9.17) is 9.15 Å². The number of aliphatic hydroxyl groups is 1. The van der Waals surface area contributed by atoms with Crippen LogP contribution in [-0.2, 0) is 9.53 Å². The Morgan fingerprint density at radius 2 is 1.74 bits per heavy atom. The average Bonchev–Trinajstić information content (AvgIpc) is 3.42. The lowest BCUT2D eigenvalue weighted by Gasteiger charge is -2.26. The molecule has 0 spiro atoms. The largest absolute Gasteiger partial charge is 0.503 e. The number of benzene rings is 2. The van der Waals surface area contributed by atoms with Crippen molar-refractivity contribution in [1.29, 1.82) is 0 Å². The van der Waals surface area contributed by atoms with E-state index in [1.165, 1.54) is 29.4 Å². The van der Waals surface area contributed by atoms with E-state index < -0.39 is 29.5 Å². The van der Waals surface area contributed by atoms with Gasteiger partial charge in [0, 0.05) is 5.69 Å². The number of hydrogen-bond donors (Lipinski definition) is 1. The van der Waals surface area contributed by atoms with Gasteiger partial charge in [-0.25, -0.2) is 4.79 Å². The summed E-state index contributed by atoms with van der Waals surface area (Å²) in [6, 6.07) is 17.3. The van der Waals surface area contributed by atoms with Crippen molar-refractivity contribution in [1.82, 2.24) is 0 Å². The summed E-state index contributed by atoms with van der Waals surface area (Å²) in [5.41, 5.74) is 1.32. The molecule has 1 aliphatic heterocycles. The molecule has 1 amide bonds. The van der Waals surface area contributed by atoms with Gasteiger partial charge in [0.1, 0.15) is 0 Å². The number of Topliss-reactive ketones (excluding diaryl/α,β-unsaturated/α-hetero) is 1. The van der Waals surface area contributed by atoms with E-state index in [1.807, 2.05) is 6.07 Å². The second-order valence-corrected chi connectivity index (χ2v) is 6.82. The third-order valence-electron chi connectivity index (χ3n) is 4.97. The van der Waals surface area contributed by atoms with Gasteiger partial charge in [0.2, 0.25) is 5.78 Å². The molecule has 156 valence electrons. The minimum Gasteiger partial charge on any atom is -0.503 e. The summed E-state index contributed by atoms with van der Waals surface area (Å²) in [5, 5.41) is 10.7. The second kappa shape index (κ2) is 8.31. The number of amides is 1. The van der Waals surface area contributed by atoms with E-state index in [1.54, 1.807) is 49.4 Å². The van der Waals surface area contributed by atoms with E-state index in [0.717, 1.165) is 0 Å². The Hall–Kier alpha value is -4.13. The average molecular weight is 417 g/mol. The van der Waals surface area contributed by atoms with Crippen LogP contribution < -0.4 is 4.90 Å². The van der Waals surface area contributed by atoms with Crippen molar-refractivity contribution in [3.8, 4) is 0 Å². The molecule has 0 aliphatic carbocycles. The quantitative estimate of drug-likeness (QED) is 0.476. The lowest BCUT2D eigenvalue weighted by Crippen LogP contribution is -2.31. The molecule has 2 heterocycles. The van der Waals surface area contributed by atoms with Gasteiger partial charge in [0.15, 0.2) is 11.5 Å². The molecule has 1 aliphatic rings. The second-order valence-electron chi connectivity index (χ2n) is 6.82. The summed E-state index contributed by atoms with van der Waals surface area (Å²) in [5.74, 6) is -2.38. The Kier molecular flexibility index (Phi) is 5.41. The number of nitrogens with zero attached hydrogens (tertiary/aromatic N) is 1. The van der Waals surface area contributed by atoms with Gasteiger partial charge in [-0.2, -0.15) is 0 Å². The Labute approximate surface area is 178 Å². The molecular weight excluding hydrogens is 398 g/mol. The fourth-order valence-electron chi connectivity index (χ4n) is 3.57. The van der Waals surface area contributed by atoms with Crippen LogP contribution in [0.3, 0.4) is 0 Å². The zero-order valence-electron chi connectivity index (χ0n) is 16.6. The first-order valence-electron chi connectivity index (χ1n) is 9.70. The number of rotatable bonds is 6. The third-order valence-corrected chi connectivity index (χ3v) is 4.97. The number of carbonyl (C=O) groups is 3. The highest BCUT2D eigenvalue weighted by atomic mass is 16.5. The normalized spacial score (nSPS) is 16.0. The molecule has 0 fully saturated rings. The molecular formula is C24H19NO6. The SMILES string of the molecule is CCOC(=O)c1ccc(N2C(=O)C(O)=C(C(=O)c3ccco3)C2c2ccccc2)cc1. The minimum atomic E-state index is -0.861. The lowest BCUT2D eigenvalue weighted by molar-refractivity contribution is -0.117. The highest BCUT2D eigenvalue weighted by Gasteiger charge is 2.45. The molecule has 1 aromatic heterocycles. The van der Waals surface area contributed by atoms with E-state index >= 15 is 0 Å². The fourth-order valence-corrected chi connectivity index (χ4v) is 3.57. The zero-order valence-corrected chi connectivity index (χ0v) is 16.6. The van der Waals surface area contributed by atoms with Gasteiger partial charge in [-0.3, -0.25) is 14.5 Å². The van der Waals surface area contributed by atoms with Crippen molar-refractivity contribution in [2.45, 2.75) is 13.0 Å². The van der Waals surface area contributed by atoms with Gasteiger partial charge in [0.25, 0.3) is 5.91 Å². The molecule has 31 heavy (non-hydrogen) atoms. The molecule has 1 N–H and O–H groups in total. The van der Waals surface area contributed by atoms with Gasteiger partial charge < -0.3 is 14.3 Å². The van der Waals surface area contributed by atoms with Crippen molar-refractivity contribution in [3.63, 3.8) is 0 Å². The van der Waals surface area contributed by atoms with E-state index in [0.29, 0.717) is 16.8 Å². The van der Waals surface area contributed by atoms with Crippen molar-refractivity contribution in [2.75, 3.05) is 11.5 Å². The third kappa shape index (κ3) is 3.61. The molecule has 2 aromatic carbocycles. The van der Waals surface area contributed by atoms with E-state index in [2.05, 4.69) is 0 Å². The summed E-state index contributed by atoms with van der Waals surface area (Å²) in [7, 11) is 0. The molecule has 7 nitrogen and oxygen atoms in total. The summed E-state index contributed by atoms with van der Waals surface area (Å²) in [6.45, 7) is 1.96. The van der Waals surface area contributed by atoms with E-state index in [9.17, 15) is 19.5 Å². The first kappa shape index (κ1) is 20.2. The summed E-state index contributed by atoms with van der Waals surface area (Å²) < 4.78 is 10.2. The smallest absolute Gasteiger partial charge is 0.338 e. The molecule has 4 rings (SSSR count). The predicted octanol–water partition coefficient (Wildman–Crippen LogP) is 4.24. The van der Waals surface area contributed by atoms with Crippen LogP contribution >= 0.6 is 0 Å². The summed E-state index contributed by atoms with van der Waals surface area (Å²) in [4.78, 5) is 39.4. The van der Waals surface area contributed by atoms with Gasteiger partial charge in [0.05, 0.1) is 30.0 Å². The predicted molar refractivity (Wildman–Crippen MR) is 112 cm³/mol. The lowest BCUT2D eigenvalue weighted by atomic mass is 9.95. The fraction of sp³-hybridized carbons (Fsp3) is 0.125. The number of aliphatic hydroxyl groups excluding tert-OH is 1. The standard InChI is InChI=1S/C24H19NO6/c1-2-30-24(29)16-10-12-17(13-11-16)25-20(15-7-4-3-5-8-15)19(22(27)23(25)28)21(26)18-9-6-14-31-18/h3-14,20,27H,2H2,1H3. The Morgan fingerprint density at radius 1 is 1.03 bits per heavy atom. The highest BCUT2D eigenvalue weighted by Crippen LogP contribution is 2.41. The summed E-state index contributed by atoms with van der Waals surface area (Å²) >= 11 is 0. The number of ether oxygens (including phenoxy) is 1. The van der Waals surface area contributed by atoms with Crippen molar-refractivity contribution >= 4 is 23.3 Å². The number of anilines is 1. The van der Waals surface area contributed by atoms with E-state index in [-0.39, 0.29) is 17.9 Å². The molecule has 0 saturated heterocycles. The van der Waals surface area contributed by atoms with Crippen LogP contribution in [0.5, 0.6) is 0 Å². The Balaban J connectivity index is 1.78. The van der Waals surface area contributed by atoms with Crippen molar-refractivity contribution in [3.05, 3.63) is 101 Å². The Bertz CT molecular complexity index is 1150. The van der Waals surface area contributed by atoms with Gasteiger partial charge in [-0.15, -0.1) is 0 Å². The molecule has 1 unspecified atom stereocenters. The molecule has 1 atom stereocenters. The van der Waals surface area contributed by atoms with Crippen LogP contribution in [0, 0.1) is 0 Å². The van der Waals surface area contributed by atoms with Gasteiger partial charge in [-0.05, 0) is 48.9 Å². The van der Waals surface area contributed by atoms with Crippen LogP contribution in [0.4, 0.5) is 5.69 Å². The maximum absolute atomic E-state index is 13.1. The number of ketones is 1. The monoisotopic (exact) mass is 417 g/mol. The van der Waals surface area contributed by atoms with Crippen molar-refractivity contribution in [2.24, 2.45) is 0 Å². The first-order chi connectivity index (χ1) is 15.0. The highest BCUT2D eigenvalue weighted by molar-refractivity contribution is 6.20. The topological polar surface area (TPSA) is 97.0 Å². The molecule has 0 bridgehead atoms.